The number of hydrogen-bond acceptors (Lipinski definition) is 5. The zero-order chi connectivity index (χ0) is 18.4. The molecule has 0 radical (unpaired) electrons. The van der Waals surface area contributed by atoms with Crippen molar-refractivity contribution in [2.45, 2.75) is 19.3 Å². The minimum absolute atomic E-state index is 0.0759. The Kier molecular flexibility index (Phi) is 6.64. The number of hydrogen-bond donors (Lipinski definition) is 1. The van der Waals surface area contributed by atoms with E-state index in [4.69, 9.17) is 19.3 Å². The molecule has 1 aromatic rings. The molecule has 0 saturated heterocycles. The van der Waals surface area contributed by atoms with Gasteiger partial charge in [-0.2, -0.15) is 0 Å². The predicted molar refractivity (Wildman–Crippen MR) is 92.2 cm³/mol. The number of amides is 1. The van der Waals surface area contributed by atoms with Crippen molar-refractivity contribution >= 4 is 17.6 Å². The number of aliphatic carboxylic acids is 1. The SMILES string of the molecule is COCCN(C(=O)[C@@H]1CC[C@H](C(=O)O)C1)c1ccc(OC)c(OC)c1. The van der Waals surface area contributed by atoms with Crippen LogP contribution in [0.15, 0.2) is 18.2 Å². The molecule has 1 saturated carbocycles. The molecule has 1 N–H and O–H groups in total. The summed E-state index contributed by atoms with van der Waals surface area (Å²) in [6.07, 6.45) is 1.51. The second-order valence-corrected chi connectivity index (χ2v) is 6.07. The minimum atomic E-state index is -0.829. The van der Waals surface area contributed by atoms with Gasteiger partial charge in [-0.25, -0.2) is 0 Å². The van der Waals surface area contributed by atoms with Crippen molar-refractivity contribution in [3.8, 4) is 11.5 Å². The Labute approximate surface area is 147 Å². The molecule has 1 aliphatic carbocycles. The molecule has 7 nitrogen and oxygen atoms in total. The van der Waals surface area contributed by atoms with Crippen LogP contribution in [0.4, 0.5) is 5.69 Å². The lowest BCUT2D eigenvalue weighted by atomic mass is 10.0. The normalized spacial score (nSPS) is 19.5. The Morgan fingerprint density at radius 1 is 1.12 bits per heavy atom. The van der Waals surface area contributed by atoms with Crippen LogP contribution in [0.5, 0.6) is 11.5 Å². The smallest absolute Gasteiger partial charge is 0.306 e. The molecule has 0 spiro atoms. The Balaban J connectivity index is 2.23. The van der Waals surface area contributed by atoms with Crippen LogP contribution in [0.1, 0.15) is 19.3 Å². The summed E-state index contributed by atoms with van der Waals surface area (Å²) in [5.41, 5.74) is 0.679. The lowest BCUT2D eigenvalue weighted by Gasteiger charge is -2.26. The molecule has 25 heavy (non-hydrogen) atoms. The molecule has 1 aliphatic rings. The van der Waals surface area contributed by atoms with Gasteiger partial charge in [0.15, 0.2) is 11.5 Å². The first-order chi connectivity index (χ1) is 12.0. The third-order valence-corrected chi connectivity index (χ3v) is 4.59. The van der Waals surface area contributed by atoms with Crippen LogP contribution in [-0.2, 0) is 14.3 Å². The average molecular weight is 351 g/mol. The Morgan fingerprint density at radius 2 is 1.80 bits per heavy atom. The van der Waals surface area contributed by atoms with Crippen LogP contribution >= 0.6 is 0 Å². The zero-order valence-electron chi connectivity index (χ0n) is 14.9. The van der Waals surface area contributed by atoms with Crippen molar-refractivity contribution in [2.75, 3.05) is 39.4 Å². The number of anilines is 1. The van der Waals surface area contributed by atoms with Gasteiger partial charge in [0.05, 0.1) is 26.7 Å². The number of ether oxygens (including phenoxy) is 3. The van der Waals surface area contributed by atoms with E-state index in [9.17, 15) is 9.59 Å². The number of carboxylic acid groups (broad SMARTS) is 1. The van der Waals surface area contributed by atoms with Gasteiger partial charge >= 0.3 is 5.97 Å². The van der Waals surface area contributed by atoms with Crippen LogP contribution in [0.2, 0.25) is 0 Å². The lowest BCUT2D eigenvalue weighted by Crippen LogP contribution is -2.38. The molecule has 1 amide bonds. The zero-order valence-corrected chi connectivity index (χ0v) is 14.9. The van der Waals surface area contributed by atoms with Crippen LogP contribution in [0.3, 0.4) is 0 Å². The number of carboxylic acids is 1. The van der Waals surface area contributed by atoms with Gasteiger partial charge < -0.3 is 24.2 Å². The van der Waals surface area contributed by atoms with Crippen molar-refractivity contribution in [1.29, 1.82) is 0 Å². The monoisotopic (exact) mass is 351 g/mol. The second kappa shape index (κ2) is 8.71. The van der Waals surface area contributed by atoms with Gasteiger partial charge in [-0.1, -0.05) is 0 Å². The topological polar surface area (TPSA) is 85.3 Å². The highest BCUT2D eigenvalue weighted by Gasteiger charge is 2.36. The standard InChI is InChI=1S/C18H25NO6/c1-23-9-8-19(14-6-7-15(24-2)16(11-14)25-3)17(20)12-4-5-13(10-12)18(21)22/h6-7,11-13H,4-5,8-10H2,1-3H3,(H,21,22)/t12-,13+/m1/s1. The van der Waals surface area contributed by atoms with Crippen molar-refractivity contribution in [3.63, 3.8) is 0 Å². The van der Waals surface area contributed by atoms with Crippen LogP contribution in [0.25, 0.3) is 0 Å². The fourth-order valence-corrected chi connectivity index (χ4v) is 3.19. The first-order valence-corrected chi connectivity index (χ1v) is 8.27. The largest absolute Gasteiger partial charge is 0.493 e. The molecule has 7 heteroatoms. The molecule has 0 unspecified atom stereocenters. The quantitative estimate of drug-likeness (QED) is 0.773. The minimum Gasteiger partial charge on any atom is -0.493 e. The molecule has 138 valence electrons. The molecule has 0 heterocycles. The molecule has 0 aliphatic heterocycles. The van der Waals surface area contributed by atoms with Gasteiger partial charge in [0.1, 0.15) is 0 Å². The maximum absolute atomic E-state index is 13.0. The van der Waals surface area contributed by atoms with Gasteiger partial charge in [0, 0.05) is 31.3 Å². The number of benzene rings is 1. The molecule has 2 atom stereocenters. The molecule has 1 fully saturated rings. The summed E-state index contributed by atoms with van der Waals surface area (Å²) in [6.45, 7) is 0.772. The fourth-order valence-electron chi connectivity index (χ4n) is 3.19. The van der Waals surface area contributed by atoms with Gasteiger partial charge in [-0.15, -0.1) is 0 Å². The van der Waals surface area contributed by atoms with Gasteiger partial charge in [-0.05, 0) is 31.4 Å². The third-order valence-electron chi connectivity index (χ3n) is 4.59. The number of nitrogens with zero attached hydrogens (tertiary/aromatic N) is 1. The summed E-state index contributed by atoms with van der Waals surface area (Å²) in [4.78, 5) is 25.8. The van der Waals surface area contributed by atoms with Gasteiger partial charge in [-0.3, -0.25) is 9.59 Å². The Bertz CT molecular complexity index is 618. The van der Waals surface area contributed by atoms with Crippen molar-refractivity contribution in [3.05, 3.63) is 18.2 Å². The van der Waals surface area contributed by atoms with Crippen LogP contribution < -0.4 is 14.4 Å². The highest BCUT2D eigenvalue weighted by molar-refractivity contribution is 5.96. The second-order valence-electron chi connectivity index (χ2n) is 6.07. The number of carbonyl (C=O) groups excluding carboxylic acids is 1. The van der Waals surface area contributed by atoms with E-state index in [1.54, 1.807) is 37.3 Å². The maximum atomic E-state index is 13.0. The number of carbonyl (C=O) groups is 2. The molecular weight excluding hydrogens is 326 g/mol. The van der Waals surface area contributed by atoms with Crippen LogP contribution in [-0.4, -0.2) is 51.5 Å². The highest BCUT2D eigenvalue weighted by Crippen LogP contribution is 2.36. The van der Waals surface area contributed by atoms with E-state index in [0.29, 0.717) is 49.6 Å². The van der Waals surface area contributed by atoms with E-state index in [1.807, 2.05) is 0 Å². The summed E-state index contributed by atoms with van der Waals surface area (Å²) < 4.78 is 15.7. The van der Waals surface area contributed by atoms with E-state index in [2.05, 4.69) is 0 Å². The maximum Gasteiger partial charge on any atom is 0.306 e. The predicted octanol–water partition coefficient (Wildman–Crippen LogP) is 2.18. The van der Waals surface area contributed by atoms with E-state index in [0.717, 1.165) is 0 Å². The molecule has 0 aromatic heterocycles. The summed E-state index contributed by atoms with van der Waals surface area (Å²) in [7, 11) is 4.67. The summed E-state index contributed by atoms with van der Waals surface area (Å²) in [5.74, 6) is -0.519. The van der Waals surface area contributed by atoms with Crippen molar-refractivity contribution in [1.82, 2.24) is 0 Å². The van der Waals surface area contributed by atoms with E-state index >= 15 is 0 Å². The average Bonchev–Trinajstić information content (AvgIpc) is 3.12. The first-order valence-electron chi connectivity index (χ1n) is 8.27. The third kappa shape index (κ3) is 4.42. The highest BCUT2D eigenvalue weighted by atomic mass is 16.5. The summed E-state index contributed by atoms with van der Waals surface area (Å²) >= 11 is 0. The van der Waals surface area contributed by atoms with E-state index in [-0.39, 0.29) is 11.8 Å². The van der Waals surface area contributed by atoms with Gasteiger partial charge in [0.2, 0.25) is 5.91 Å². The van der Waals surface area contributed by atoms with Crippen LogP contribution in [0, 0.1) is 11.8 Å². The number of methoxy groups -OCH3 is 3. The van der Waals surface area contributed by atoms with Crippen molar-refractivity contribution < 1.29 is 28.9 Å². The lowest BCUT2D eigenvalue weighted by molar-refractivity contribution is -0.141. The molecule has 0 bridgehead atoms. The summed E-state index contributed by atoms with van der Waals surface area (Å²) in [6, 6.07) is 5.28. The van der Waals surface area contributed by atoms with E-state index in [1.165, 1.54) is 7.11 Å². The number of rotatable bonds is 8. The molecule has 2 rings (SSSR count). The Morgan fingerprint density at radius 3 is 2.36 bits per heavy atom. The van der Waals surface area contributed by atoms with Gasteiger partial charge in [0.25, 0.3) is 0 Å². The molecule has 1 aromatic carbocycles. The Hall–Kier alpha value is -2.28. The van der Waals surface area contributed by atoms with E-state index < -0.39 is 11.9 Å². The molecular formula is C18H25NO6. The first kappa shape index (κ1) is 19.1. The fraction of sp³-hybridized carbons (Fsp3) is 0.556. The summed E-state index contributed by atoms with van der Waals surface area (Å²) in [5, 5.41) is 9.16. The van der Waals surface area contributed by atoms with Crippen molar-refractivity contribution in [2.24, 2.45) is 11.8 Å².